The monoisotopic (exact) mass is 1050 g/mol. The molecule has 2 heterocycles. The second-order valence-electron chi connectivity index (χ2n) is 16.8. The summed E-state index contributed by atoms with van der Waals surface area (Å²) in [5, 5.41) is 17.2. The Labute approximate surface area is 429 Å². The highest BCUT2D eigenvalue weighted by Gasteiger charge is 2.25. The average Bonchev–Trinajstić information content (AvgIpc) is 3.34. The van der Waals surface area contributed by atoms with Gasteiger partial charge in [0.1, 0.15) is 18.3 Å². The number of carbonyl (C=O) groups is 2. The maximum absolute atomic E-state index is 13.6. The van der Waals surface area contributed by atoms with Crippen LogP contribution in [0.4, 0.5) is 23.3 Å². The van der Waals surface area contributed by atoms with E-state index in [2.05, 4.69) is 25.3 Å². The van der Waals surface area contributed by atoms with E-state index in [1.54, 1.807) is 72.8 Å². The molecular formula is C50H58Cl2N8O13. The average molecular weight is 1050 g/mol. The normalized spacial score (nSPS) is 11.9. The molecule has 0 aliphatic rings. The van der Waals surface area contributed by atoms with Crippen LogP contribution >= 0.6 is 23.2 Å². The number of hydrogen-bond acceptors (Lipinski definition) is 17. The minimum Gasteiger partial charge on any atom is -0.491 e. The quantitative estimate of drug-likeness (QED) is 0.0587. The maximum atomic E-state index is 13.6. The largest absolute Gasteiger partial charge is 0.491 e. The number of aromatic nitrogens is 6. The smallest absolute Gasteiger partial charge is 0.355 e. The lowest BCUT2D eigenvalue weighted by Gasteiger charge is -2.19. The topological polar surface area (TPSA) is 248 Å². The van der Waals surface area contributed by atoms with Gasteiger partial charge < -0.3 is 44.2 Å². The zero-order valence-corrected chi connectivity index (χ0v) is 43.2. The fraction of sp³-hybridized carbons (Fsp3) is 0.360. The van der Waals surface area contributed by atoms with Crippen molar-refractivity contribution in [1.29, 1.82) is 0 Å². The Morgan fingerprint density at radius 1 is 0.603 bits per heavy atom. The number of nitrogens with zero attached hydrogens (tertiary/aromatic N) is 6. The van der Waals surface area contributed by atoms with Crippen molar-refractivity contribution < 1.29 is 43.1 Å². The second kappa shape index (κ2) is 26.4. The number of benzene rings is 4. The summed E-state index contributed by atoms with van der Waals surface area (Å²) >= 11 is 12.0. The highest BCUT2D eigenvalue weighted by Crippen LogP contribution is 2.26. The van der Waals surface area contributed by atoms with E-state index in [1.165, 1.54) is 23.4 Å². The van der Waals surface area contributed by atoms with Gasteiger partial charge in [0.2, 0.25) is 11.9 Å². The molecule has 2 aromatic heterocycles. The lowest BCUT2D eigenvalue weighted by Crippen LogP contribution is -2.46. The van der Waals surface area contributed by atoms with Crippen molar-refractivity contribution in [2.24, 2.45) is 0 Å². The Morgan fingerprint density at radius 2 is 1.01 bits per heavy atom. The van der Waals surface area contributed by atoms with Gasteiger partial charge >= 0.3 is 34.7 Å². The van der Waals surface area contributed by atoms with Crippen molar-refractivity contribution in [3.8, 4) is 11.5 Å². The predicted molar refractivity (Wildman–Crippen MR) is 274 cm³/mol. The third kappa shape index (κ3) is 15.8. The molecule has 0 saturated carbocycles. The van der Waals surface area contributed by atoms with Crippen LogP contribution in [0.25, 0.3) is 0 Å². The highest BCUT2D eigenvalue weighted by molar-refractivity contribution is 6.30. The van der Waals surface area contributed by atoms with Crippen molar-refractivity contribution in [1.82, 2.24) is 28.2 Å². The number of aliphatic hydroxyl groups is 1. The van der Waals surface area contributed by atoms with Crippen LogP contribution in [-0.2, 0) is 54.7 Å². The van der Waals surface area contributed by atoms with E-state index >= 15 is 0 Å². The molecule has 0 radical (unpaired) electrons. The first-order chi connectivity index (χ1) is 34.7. The zero-order valence-electron chi connectivity index (χ0n) is 41.7. The number of esters is 2. The first-order valence-corrected chi connectivity index (χ1v) is 23.4. The van der Waals surface area contributed by atoms with Gasteiger partial charge in [-0.2, -0.15) is 9.97 Å². The second-order valence-corrected chi connectivity index (χ2v) is 17.7. The van der Waals surface area contributed by atoms with Crippen LogP contribution in [0.1, 0.15) is 49.9 Å². The molecule has 0 bridgehead atoms. The van der Waals surface area contributed by atoms with E-state index in [0.717, 1.165) is 39.7 Å². The van der Waals surface area contributed by atoms with Crippen molar-refractivity contribution in [2.45, 2.75) is 92.1 Å². The molecule has 390 valence electrons. The maximum Gasteiger partial charge on any atom is 0.355 e. The molecule has 3 N–H and O–H groups in total. The molecule has 23 heteroatoms. The molecule has 73 heavy (non-hydrogen) atoms. The number of hydrogen-bond donors (Lipinski definition) is 3. The number of ether oxygens (including phenoxy) is 6. The molecule has 0 fully saturated rings. The molecule has 21 nitrogen and oxygen atoms in total. The summed E-state index contributed by atoms with van der Waals surface area (Å²) in [6.45, 7) is 10.4. The van der Waals surface area contributed by atoms with Crippen LogP contribution in [0.5, 0.6) is 11.5 Å². The SMILES string of the molecule is COC(=O)[C@@H](O)Cn1c(=O)nc(Nc2ccc(OC(C)C)c(C)c2)n(Cc2ccc(Cl)cc2)c1=O.COCO[C@@H](Cn1c(=O)nc(Nc2ccc(OC(C)C)c(C)c2)n(Cc2ccc(Cl)cc2)c1=O)C(=O)OC. The first-order valence-electron chi connectivity index (χ1n) is 22.7. The lowest BCUT2D eigenvalue weighted by atomic mass is 10.2. The van der Waals surface area contributed by atoms with Crippen molar-refractivity contribution in [3.63, 3.8) is 0 Å². The first kappa shape index (κ1) is 56.6. The van der Waals surface area contributed by atoms with Gasteiger partial charge in [-0.3, -0.25) is 9.13 Å². The van der Waals surface area contributed by atoms with E-state index in [9.17, 15) is 33.9 Å². The molecule has 0 spiro atoms. The minimum atomic E-state index is -1.70. The fourth-order valence-electron chi connectivity index (χ4n) is 6.90. The third-order valence-corrected chi connectivity index (χ3v) is 10.9. The summed E-state index contributed by atoms with van der Waals surface area (Å²) in [5.41, 5.74) is 1.10. The van der Waals surface area contributed by atoms with Gasteiger partial charge in [-0.25, -0.2) is 37.9 Å². The Kier molecular flexibility index (Phi) is 20.5. The molecule has 2 atom stereocenters. The van der Waals surface area contributed by atoms with Crippen LogP contribution in [-0.4, -0.2) is 97.8 Å². The Hall–Kier alpha value is -7.30. The summed E-state index contributed by atoms with van der Waals surface area (Å²) in [6, 6.07) is 24.5. The predicted octanol–water partition coefficient (Wildman–Crippen LogP) is 5.59. The van der Waals surface area contributed by atoms with E-state index in [-0.39, 0.29) is 44.0 Å². The molecule has 0 unspecified atom stereocenters. The van der Waals surface area contributed by atoms with Crippen LogP contribution in [0.3, 0.4) is 0 Å². The summed E-state index contributed by atoms with van der Waals surface area (Å²) < 4.78 is 35.0. The van der Waals surface area contributed by atoms with Crippen LogP contribution < -0.4 is 42.9 Å². The highest BCUT2D eigenvalue weighted by atomic mass is 35.5. The number of aliphatic hydroxyl groups excluding tert-OH is 1. The molecule has 0 saturated heterocycles. The van der Waals surface area contributed by atoms with E-state index in [4.69, 9.17) is 46.9 Å². The molecule has 6 aromatic rings. The Balaban J connectivity index is 0.000000272. The van der Waals surface area contributed by atoms with Crippen LogP contribution in [0, 0.1) is 13.8 Å². The van der Waals surface area contributed by atoms with Gasteiger partial charge in [-0.1, -0.05) is 47.5 Å². The zero-order chi connectivity index (χ0) is 53.5. The van der Waals surface area contributed by atoms with Gasteiger partial charge in [0, 0.05) is 28.5 Å². The molecular weight excluding hydrogens is 991 g/mol. The number of methoxy groups -OCH3 is 3. The number of nitrogens with one attached hydrogen (secondary N) is 2. The Morgan fingerprint density at radius 3 is 1.38 bits per heavy atom. The summed E-state index contributed by atoms with van der Waals surface area (Å²) in [5.74, 6) is -0.283. The summed E-state index contributed by atoms with van der Waals surface area (Å²) in [4.78, 5) is 84.5. The number of anilines is 4. The number of rotatable bonds is 21. The van der Waals surface area contributed by atoms with Gasteiger partial charge in [-0.05, 0) is 124 Å². The van der Waals surface area contributed by atoms with Crippen molar-refractivity contribution >= 4 is 58.4 Å². The van der Waals surface area contributed by atoms with Gasteiger partial charge in [0.25, 0.3) is 0 Å². The summed E-state index contributed by atoms with van der Waals surface area (Å²) in [7, 11) is 3.65. The number of carbonyl (C=O) groups excluding carboxylic acids is 2. The van der Waals surface area contributed by atoms with Gasteiger partial charge in [0.05, 0.1) is 52.6 Å². The van der Waals surface area contributed by atoms with E-state index in [1.807, 2.05) is 53.7 Å². The van der Waals surface area contributed by atoms with Crippen molar-refractivity contribution in [2.75, 3.05) is 38.8 Å². The van der Waals surface area contributed by atoms with E-state index in [0.29, 0.717) is 31.7 Å². The minimum absolute atomic E-state index is 0.00399. The number of halogens is 2. The lowest BCUT2D eigenvalue weighted by molar-refractivity contribution is -0.163. The fourth-order valence-corrected chi connectivity index (χ4v) is 7.15. The van der Waals surface area contributed by atoms with Crippen LogP contribution in [0.15, 0.2) is 104 Å². The Bertz CT molecular complexity index is 3100. The molecule has 0 aliphatic heterocycles. The molecule has 6 rings (SSSR count). The molecule has 0 aliphatic carbocycles. The van der Waals surface area contributed by atoms with Gasteiger partial charge in [-0.15, -0.1) is 0 Å². The van der Waals surface area contributed by atoms with E-state index < -0.39 is 60.0 Å². The number of aryl methyl sites for hydroxylation is 2. The molecule has 0 amide bonds. The molecule has 4 aromatic carbocycles. The van der Waals surface area contributed by atoms with Gasteiger partial charge in [0.15, 0.2) is 12.2 Å². The third-order valence-electron chi connectivity index (χ3n) is 10.4. The standard InChI is InChI=1S/C26H31ClN4O7.C24H27ClN4O6/c1-16(2)38-21-11-10-20(12-17(21)3)28-24-29-25(33)31(14-22(23(32)36-5)37-15-35-4)26(34)30(24)13-18-6-8-19(27)9-7-18;1-14(2)35-20-10-9-18(11-15(20)3)26-22-27-23(32)29(13-19(30)21(31)34-4)24(33)28(22)12-16-5-7-17(25)8-6-16/h6-12,16,22H,13-15H2,1-5H3,(H,28,29,33);5-11,14,19,30H,12-13H2,1-4H3,(H,26,27,32)/t22-;19-/m00/s1. The van der Waals surface area contributed by atoms with Crippen LogP contribution in [0.2, 0.25) is 10.0 Å². The summed E-state index contributed by atoms with van der Waals surface area (Å²) in [6.07, 6.45) is -2.95. The van der Waals surface area contributed by atoms with Crippen molar-refractivity contribution in [3.05, 3.63) is 159 Å².